The number of primary amides is 1. The zero-order valence-corrected chi connectivity index (χ0v) is 6.60. The van der Waals surface area contributed by atoms with Gasteiger partial charge in [-0.2, -0.15) is 0 Å². The first-order valence-electron chi connectivity index (χ1n) is 3.91. The fraction of sp³-hybridized carbons (Fsp3) is 0.625. The molecule has 1 unspecified atom stereocenters. The number of hydrogen-bond donors (Lipinski definition) is 2. The average molecular weight is 154 g/mol. The van der Waals surface area contributed by atoms with E-state index in [1.807, 2.05) is 0 Å². The van der Waals surface area contributed by atoms with Gasteiger partial charge < -0.3 is 11.1 Å². The minimum Gasteiger partial charge on any atom is -0.352 e. The van der Waals surface area contributed by atoms with E-state index in [1.54, 1.807) is 0 Å². The van der Waals surface area contributed by atoms with Crippen LogP contribution in [-0.4, -0.2) is 12.1 Å². The Morgan fingerprint density at radius 1 is 1.73 bits per heavy atom. The zero-order valence-electron chi connectivity index (χ0n) is 6.60. The summed E-state index contributed by atoms with van der Waals surface area (Å²) in [6, 6.07) is -0.196. The van der Waals surface area contributed by atoms with Crippen molar-refractivity contribution < 1.29 is 4.79 Å². The Balaban J connectivity index is 2.34. The summed E-state index contributed by atoms with van der Waals surface area (Å²) in [4.78, 5) is 10.5. The zero-order chi connectivity index (χ0) is 8.27. The number of carbonyl (C=O) groups excluding carboxylic acids is 1. The van der Waals surface area contributed by atoms with Crippen molar-refractivity contribution in [1.29, 1.82) is 0 Å². The Morgan fingerprint density at radius 2 is 2.45 bits per heavy atom. The molecule has 0 aromatic carbocycles. The molecule has 0 spiro atoms. The molecule has 2 amide bonds. The lowest BCUT2D eigenvalue weighted by atomic mass is 9.92. The number of rotatable bonds is 1. The highest BCUT2D eigenvalue weighted by molar-refractivity contribution is 5.72. The van der Waals surface area contributed by atoms with E-state index in [9.17, 15) is 4.79 Å². The summed E-state index contributed by atoms with van der Waals surface area (Å²) in [5.41, 5.74) is 6.21. The lowest BCUT2D eigenvalue weighted by Gasteiger charge is -2.23. The predicted octanol–water partition coefficient (Wildman–Crippen LogP) is 1.15. The molecule has 3 N–H and O–H groups in total. The molecule has 0 saturated heterocycles. The Kier molecular flexibility index (Phi) is 2.52. The van der Waals surface area contributed by atoms with Crippen LogP contribution in [0.3, 0.4) is 0 Å². The molecule has 1 aliphatic carbocycles. The molecule has 0 aromatic heterocycles. The molecule has 3 nitrogen and oxygen atoms in total. The lowest BCUT2D eigenvalue weighted by molar-refractivity contribution is 0.243. The average Bonchev–Trinajstić information content (AvgIpc) is 1.85. The van der Waals surface area contributed by atoms with Crippen molar-refractivity contribution in [3.05, 3.63) is 12.2 Å². The molecular formula is C8H14N2O. The molecule has 11 heavy (non-hydrogen) atoms. The number of amides is 2. The normalized spacial score (nSPS) is 24.7. The van der Waals surface area contributed by atoms with Crippen molar-refractivity contribution in [3.63, 3.8) is 0 Å². The van der Waals surface area contributed by atoms with Crippen LogP contribution >= 0.6 is 0 Å². The highest BCUT2D eigenvalue weighted by Gasteiger charge is 2.15. The van der Waals surface area contributed by atoms with E-state index in [0.29, 0.717) is 0 Å². The van der Waals surface area contributed by atoms with Gasteiger partial charge >= 0.3 is 6.03 Å². The van der Waals surface area contributed by atoms with Gasteiger partial charge in [-0.3, -0.25) is 0 Å². The van der Waals surface area contributed by atoms with Gasteiger partial charge in [-0.25, -0.2) is 4.79 Å². The molecule has 1 rings (SSSR count). The van der Waals surface area contributed by atoms with Crippen LogP contribution in [0.5, 0.6) is 0 Å². The van der Waals surface area contributed by atoms with Crippen LogP contribution in [0, 0.1) is 0 Å². The fourth-order valence-corrected chi connectivity index (χ4v) is 1.48. The number of nitrogens with two attached hydrogens (primary N) is 1. The number of carbonyl (C=O) groups is 1. The molecule has 0 aromatic rings. The lowest BCUT2D eigenvalue weighted by Crippen LogP contribution is -2.39. The highest BCUT2D eigenvalue weighted by Crippen LogP contribution is 2.21. The van der Waals surface area contributed by atoms with Gasteiger partial charge in [0.1, 0.15) is 0 Å². The van der Waals surface area contributed by atoms with Crippen LogP contribution < -0.4 is 11.1 Å². The maximum Gasteiger partial charge on any atom is 0.312 e. The maximum atomic E-state index is 10.5. The number of hydrogen-bond acceptors (Lipinski definition) is 1. The second kappa shape index (κ2) is 3.42. The molecule has 1 fully saturated rings. The van der Waals surface area contributed by atoms with Gasteiger partial charge in [-0.15, -0.1) is 0 Å². The topological polar surface area (TPSA) is 55.1 Å². The molecule has 1 atom stereocenters. The SMILES string of the molecule is C=C1CCCC(NC(N)=O)C1. The smallest absolute Gasteiger partial charge is 0.312 e. The van der Waals surface area contributed by atoms with Crippen molar-refractivity contribution >= 4 is 6.03 Å². The molecule has 0 aliphatic heterocycles. The van der Waals surface area contributed by atoms with Crippen molar-refractivity contribution in [2.75, 3.05) is 0 Å². The van der Waals surface area contributed by atoms with E-state index >= 15 is 0 Å². The molecule has 0 heterocycles. The molecule has 0 radical (unpaired) electrons. The van der Waals surface area contributed by atoms with Crippen LogP contribution in [0.4, 0.5) is 4.79 Å². The first kappa shape index (κ1) is 8.11. The Hall–Kier alpha value is -0.990. The summed E-state index contributed by atoms with van der Waals surface area (Å²) in [5, 5.41) is 2.69. The quantitative estimate of drug-likeness (QED) is 0.547. The van der Waals surface area contributed by atoms with Gasteiger partial charge in [0.25, 0.3) is 0 Å². The van der Waals surface area contributed by atoms with Gasteiger partial charge in [0.05, 0.1) is 0 Å². The Bertz CT molecular complexity index is 175. The van der Waals surface area contributed by atoms with E-state index in [4.69, 9.17) is 5.73 Å². The Morgan fingerprint density at radius 3 is 3.00 bits per heavy atom. The minimum absolute atomic E-state index is 0.230. The van der Waals surface area contributed by atoms with E-state index in [0.717, 1.165) is 25.7 Å². The fourth-order valence-electron chi connectivity index (χ4n) is 1.48. The largest absolute Gasteiger partial charge is 0.352 e. The van der Waals surface area contributed by atoms with Crippen LogP contribution in [0.25, 0.3) is 0 Å². The first-order chi connectivity index (χ1) is 5.18. The third-order valence-electron chi connectivity index (χ3n) is 1.96. The van der Waals surface area contributed by atoms with Crippen LogP contribution in [-0.2, 0) is 0 Å². The summed E-state index contributed by atoms with van der Waals surface area (Å²) in [5.74, 6) is 0. The van der Waals surface area contributed by atoms with Crippen molar-refractivity contribution in [2.45, 2.75) is 31.7 Å². The molecule has 62 valence electrons. The molecular weight excluding hydrogens is 140 g/mol. The van der Waals surface area contributed by atoms with Gasteiger partial charge in [-0.05, 0) is 25.7 Å². The van der Waals surface area contributed by atoms with E-state index in [-0.39, 0.29) is 6.04 Å². The minimum atomic E-state index is -0.426. The standard InChI is InChI=1S/C8H14N2O/c1-6-3-2-4-7(5-6)10-8(9)11/h7H,1-5H2,(H3,9,10,11). The van der Waals surface area contributed by atoms with Crippen molar-refractivity contribution in [1.82, 2.24) is 5.32 Å². The molecule has 0 bridgehead atoms. The second-order valence-electron chi connectivity index (χ2n) is 3.05. The van der Waals surface area contributed by atoms with Crippen LogP contribution in [0.1, 0.15) is 25.7 Å². The molecule has 3 heteroatoms. The second-order valence-corrected chi connectivity index (χ2v) is 3.05. The van der Waals surface area contributed by atoms with Crippen molar-refractivity contribution in [3.8, 4) is 0 Å². The van der Waals surface area contributed by atoms with E-state index in [2.05, 4.69) is 11.9 Å². The summed E-state index contributed by atoms with van der Waals surface area (Å²) in [6.07, 6.45) is 4.13. The van der Waals surface area contributed by atoms with Crippen LogP contribution in [0.2, 0.25) is 0 Å². The van der Waals surface area contributed by atoms with Gasteiger partial charge in [-0.1, -0.05) is 12.2 Å². The number of urea groups is 1. The molecule has 1 saturated carbocycles. The summed E-state index contributed by atoms with van der Waals surface area (Å²) < 4.78 is 0. The van der Waals surface area contributed by atoms with E-state index in [1.165, 1.54) is 5.57 Å². The van der Waals surface area contributed by atoms with Gasteiger partial charge in [0.15, 0.2) is 0 Å². The van der Waals surface area contributed by atoms with E-state index < -0.39 is 6.03 Å². The van der Waals surface area contributed by atoms with Gasteiger partial charge in [0, 0.05) is 6.04 Å². The van der Waals surface area contributed by atoms with Crippen LogP contribution in [0.15, 0.2) is 12.2 Å². The summed E-state index contributed by atoms with van der Waals surface area (Å²) in [6.45, 7) is 3.88. The summed E-state index contributed by atoms with van der Waals surface area (Å²) >= 11 is 0. The monoisotopic (exact) mass is 154 g/mol. The predicted molar refractivity (Wildman–Crippen MR) is 44.1 cm³/mol. The Labute approximate surface area is 66.6 Å². The first-order valence-corrected chi connectivity index (χ1v) is 3.91. The number of nitrogens with one attached hydrogen (secondary N) is 1. The summed E-state index contributed by atoms with van der Waals surface area (Å²) in [7, 11) is 0. The highest BCUT2D eigenvalue weighted by atomic mass is 16.2. The third-order valence-corrected chi connectivity index (χ3v) is 1.96. The molecule has 1 aliphatic rings. The van der Waals surface area contributed by atoms with Crippen molar-refractivity contribution in [2.24, 2.45) is 5.73 Å². The third kappa shape index (κ3) is 2.62. The van der Waals surface area contributed by atoms with Gasteiger partial charge in [0.2, 0.25) is 0 Å². The maximum absolute atomic E-state index is 10.5.